The van der Waals surface area contributed by atoms with Gasteiger partial charge in [0.15, 0.2) is 5.75 Å². The summed E-state index contributed by atoms with van der Waals surface area (Å²) in [4.78, 5) is 12.1. The van der Waals surface area contributed by atoms with E-state index >= 15 is 0 Å². The minimum atomic E-state index is -4.83. The van der Waals surface area contributed by atoms with Crippen LogP contribution >= 0.6 is 15.9 Å². The van der Waals surface area contributed by atoms with Gasteiger partial charge in [-0.3, -0.25) is 4.79 Å². The van der Waals surface area contributed by atoms with Gasteiger partial charge in [0.05, 0.1) is 11.3 Å². The molecule has 0 aromatic heterocycles. The quantitative estimate of drug-likeness (QED) is 0.787. The Bertz CT molecular complexity index is 761. The van der Waals surface area contributed by atoms with Crippen molar-refractivity contribution in [2.24, 2.45) is 0 Å². The Balaban J connectivity index is 2.01. The van der Waals surface area contributed by atoms with E-state index < -0.39 is 18.0 Å². The Labute approximate surface area is 131 Å². The fourth-order valence-corrected chi connectivity index (χ4v) is 2.30. The maximum Gasteiger partial charge on any atom is 0.573 e. The number of nitrogens with one attached hydrogen (secondary N) is 1. The molecule has 0 saturated heterocycles. The van der Waals surface area contributed by atoms with Crippen molar-refractivity contribution >= 4 is 27.5 Å². The molecule has 3 rings (SSSR count). The summed E-state index contributed by atoms with van der Waals surface area (Å²) in [6.45, 7) is 0. The van der Waals surface area contributed by atoms with Crippen molar-refractivity contribution in [2.75, 3.05) is 5.32 Å². The zero-order valence-corrected chi connectivity index (χ0v) is 12.3. The lowest BCUT2D eigenvalue weighted by Gasteiger charge is -2.11. The summed E-state index contributed by atoms with van der Waals surface area (Å²) < 4.78 is 46.9. The van der Waals surface area contributed by atoms with E-state index in [-0.39, 0.29) is 11.3 Å². The molecule has 22 heavy (non-hydrogen) atoms. The molecule has 1 amide bonds. The summed E-state index contributed by atoms with van der Waals surface area (Å²) in [6, 6.07) is 8.30. The van der Waals surface area contributed by atoms with Gasteiger partial charge in [-0.15, -0.1) is 13.2 Å². The second-order valence-electron chi connectivity index (χ2n) is 4.40. The Morgan fingerprint density at radius 2 is 1.86 bits per heavy atom. The number of fused-ring (bicyclic) bond motifs is 2. The fourth-order valence-electron chi connectivity index (χ4n) is 1.96. The molecule has 0 unspecified atom stereocenters. The second kappa shape index (κ2) is 5.20. The fraction of sp³-hybridized carbons (Fsp3) is 0.0714. The third kappa shape index (κ3) is 3.01. The van der Waals surface area contributed by atoms with E-state index in [0.717, 1.165) is 16.6 Å². The SMILES string of the molecule is O=C1Nc2ccc(Br)cc2Oc2ccc(OC(F)(F)F)cc21. The van der Waals surface area contributed by atoms with Crippen LogP contribution in [0, 0.1) is 0 Å². The number of amides is 1. The van der Waals surface area contributed by atoms with Gasteiger partial charge in [0, 0.05) is 4.47 Å². The van der Waals surface area contributed by atoms with Crippen LogP contribution in [0.25, 0.3) is 0 Å². The molecule has 114 valence electrons. The van der Waals surface area contributed by atoms with E-state index in [1.165, 1.54) is 6.07 Å². The highest BCUT2D eigenvalue weighted by molar-refractivity contribution is 9.10. The first kappa shape index (κ1) is 14.7. The minimum absolute atomic E-state index is 0.0472. The molecule has 0 spiro atoms. The average molecular weight is 374 g/mol. The zero-order chi connectivity index (χ0) is 15.9. The number of anilines is 1. The smallest absolute Gasteiger partial charge is 0.454 e. The van der Waals surface area contributed by atoms with Gasteiger partial charge < -0.3 is 14.8 Å². The highest BCUT2D eigenvalue weighted by Crippen LogP contribution is 2.39. The molecule has 0 fully saturated rings. The number of alkyl halides is 3. The molecule has 0 aliphatic carbocycles. The van der Waals surface area contributed by atoms with Gasteiger partial charge in [0.1, 0.15) is 11.5 Å². The molecule has 0 atom stereocenters. The first-order chi connectivity index (χ1) is 10.3. The third-order valence-corrected chi connectivity index (χ3v) is 3.33. The van der Waals surface area contributed by atoms with Gasteiger partial charge in [0.25, 0.3) is 5.91 Å². The number of carbonyl (C=O) groups is 1. The zero-order valence-electron chi connectivity index (χ0n) is 10.7. The van der Waals surface area contributed by atoms with E-state index in [9.17, 15) is 18.0 Å². The predicted octanol–water partition coefficient (Wildman–Crippen LogP) is 4.71. The van der Waals surface area contributed by atoms with Crippen LogP contribution in [0.1, 0.15) is 10.4 Å². The van der Waals surface area contributed by atoms with Gasteiger partial charge in [-0.25, -0.2) is 0 Å². The highest BCUT2D eigenvalue weighted by atomic mass is 79.9. The molecule has 0 bridgehead atoms. The van der Waals surface area contributed by atoms with Gasteiger partial charge in [-0.1, -0.05) is 15.9 Å². The standard InChI is InChI=1S/C14H7BrF3NO3/c15-7-1-3-10-12(5-7)21-11-4-2-8(22-14(16,17)18)6-9(11)13(20)19-10/h1-6H,(H,19,20). The molecule has 8 heteroatoms. The molecule has 4 nitrogen and oxygen atoms in total. The normalized spacial score (nSPS) is 13.4. The number of benzene rings is 2. The lowest BCUT2D eigenvalue weighted by Crippen LogP contribution is -2.18. The molecule has 0 saturated carbocycles. The van der Waals surface area contributed by atoms with E-state index in [1.54, 1.807) is 18.2 Å². The average Bonchev–Trinajstić information content (AvgIpc) is 2.54. The van der Waals surface area contributed by atoms with Crippen molar-refractivity contribution in [3.8, 4) is 17.2 Å². The van der Waals surface area contributed by atoms with Crippen LogP contribution in [0.3, 0.4) is 0 Å². The third-order valence-electron chi connectivity index (χ3n) is 2.84. The van der Waals surface area contributed by atoms with Crippen LogP contribution in [0.2, 0.25) is 0 Å². The maximum absolute atomic E-state index is 12.3. The summed E-state index contributed by atoms with van der Waals surface area (Å²) in [7, 11) is 0. The molecule has 1 aliphatic heterocycles. The van der Waals surface area contributed by atoms with Crippen molar-refractivity contribution in [1.29, 1.82) is 0 Å². The van der Waals surface area contributed by atoms with Crippen LogP contribution in [0.5, 0.6) is 17.2 Å². The van der Waals surface area contributed by atoms with Crippen LogP contribution in [0.4, 0.5) is 18.9 Å². The van der Waals surface area contributed by atoms with E-state index in [1.807, 2.05) is 0 Å². The molecular weight excluding hydrogens is 367 g/mol. The van der Waals surface area contributed by atoms with Crippen LogP contribution in [-0.2, 0) is 0 Å². The molecule has 2 aromatic carbocycles. The predicted molar refractivity (Wildman–Crippen MR) is 75.3 cm³/mol. The second-order valence-corrected chi connectivity index (χ2v) is 5.32. The lowest BCUT2D eigenvalue weighted by molar-refractivity contribution is -0.274. The first-order valence-corrected chi connectivity index (χ1v) is 6.80. The lowest BCUT2D eigenvalue weighted by atomic mass is 10.2. The summed E-state index contributed by atoms with van der Waals surface area (Å²) in [5.74, 6) is -0.546. The van der Waals surface area contributed by atoms with Crippen molar-refractivity contribution < 1.29 is 27.4 Å². The Hall–Kier alpha value is -2.22. The summed E-state index contributed by atoms with van der Waals surface area (Å²) in [5, 5.41) is 2.57. The number of hydrogen-bond acceptors (Lipinski definition) is 3. The number of carbonyl (C=O) groups excluding carboxylic acids is 1. The Morgan fingerprint density at radius 1 is 1.09 bits per heavy atom. The summed E-state index contributed by atoms with van der Waals surface area (Å²) in [5.41, 5.74) is 0.372. The minimum Gasteiger partial charge on any atom is -0.454 e. The van der Waals surface area contributed by atoms with Crippen LogP contribution in [0.15, 0.2) is 40.9 Å². The van der Waals surface area contributed by atoms with Gasteiger partial charge in [-0.05, 0) is 36.4 Å². The first-order valence-electron chi connectivity index (χ1n) is 6.00. The van der Waals surface area contributed by atoms with Gasteiger partial charge in [-0.2, -0.15) is 0 Å². The summed E-state index contributed by atoms with van der Waals surface area (Å²) >= 11 is 3.28. The number of rotatable bonds is 1. The number of hydrogen-bond donors (Lipinski definition) is 1. The molecule has 1 aliphatic rings. The number of halogens is 4. The summed E-state index contributed by atoms with van der Waals surface area (Å²) in [6.07, 6.45) is -4.83. The van der Waals surface area contributed by atoms with E-state index in [0.29, 0.717) is 11.4 Å². The van der Waals surface area contributed by atoms with Gasteiger partial charge >= 0.3 is 6.36 Å². The van der Waals surface area contributed by atoms with E-state index in [2.05, 4.69) is 26.0 Å². The Morgan fingerprint density at radius 3 is 2.59 bits per heavy atom. The molecule has 1 heterocycles. The van der Waals surface area contributed by atoms with E-state index in [4.69, 9.17) is 4.74 Å². The van der Waals surface area contributed by atoms with Crippen molar-refractivity contribution in [2.45, 2.75) is 6.36 Å². The Kier molecular flexibility index (Phi) is 3.48. The van der Waals surface area contributed by atoms with Crippen molar-refractivity contribution in [3.63, 3.8) is 0 Å². The van der Waals surface area contributed by atoms with Gasteiger partial charge in [0.2, 0.25) is 0 Å². The topological polar surface area (TPSA) is 47.6 Å². The molecule has 1 N–H and O–H groups in total. The van der Waals surface area contributed by atoms with Crippen LogP contribution in [-0.4, -0.2) is 12.3 Å². The largest absolute Gasteiger partial charge is 0.573 e. The van der Waals surface area contributed by atoms with Crippen molar-refractivity contribution in [3.05, 3.63) is 46.4 Å². The highest BCUT2D eigenvalue weighted by Gasteiger charge is 2.32. The number of ether oxygens (including phenoxy) is 2. The monoisotopic (exact) mass is 373 g/mol. The maximum atomic E-state index is 12.3. The molecule has 2 aromatic rings. The van der Waals surface area contributed by atoms with Crippen molar-refractivity contribution in [1.82, 2.24) is 0 Å². The molecular formula is C14H7BrF3NO3. The molecule has 0 radical (unpaired) electrons. The van der Waals surface area contributed by atoms with Crippen LogP contribution < -0.4 is 14.8 Å².